The van der Waals surface area contributed by atoms with E-state index in [4.69, 9.17) is 4.74 Å². The summed E-state index contributed by atoms with van der Waals surface area (Å²) in [4.78, 5) is 25.6. The van der Waals surface area contributed by atoms with E-state index in [2.05, 4.69) is 10.6 Å². The Bertz CT molecular complexity index is 369. The first-order valence-corrected chi connectivity index (χ1v) is 7.01. The Morgan fingerprint density at radius 2 is 1.80 bits per heavy atom. The summed E-state index contributed by atoms with van der Waals surface area (Å²) in [7, 11) is 0. The number of carbonyl (C=O) groups is 2. The van der Waals surface area contributed by atoms with Gasteiger partial charge < -0.3 is 15.0 Å². The second-order valence-electron chi connectivity index (χ2n) is 7.16. The zero-order valence-corrected chi connectivity index (χ0v) is 13.4. The number of ether oxygens (including phenoxy) is 1. The first-order chi connectivity index (χ1) is 8.99. The van der Waals surface area contributed by atoms with Crippen LogP contribution in [-0.4, -0.2) is 48.3 Å². The van der Waals surface area contributed by atoms with Crippen LogP contribution < -0.4 is 10.6 Å². The number of piperazine rings is 1. The van der Waals surface area contributed by atoms with Gasteiger partial charge in [0.25, 0.3) is 0 Å². The maximum atomic E-state index is 12.0. The second kappa shape index (κ2) is 5.99. The summed E-state index contributed by atoms with van der Waals surface area (Å²) in [6.45, 7) is 12.7. The fraction of sp³-hybridized carbons (Fsp3) is 0.857. The monoisotopic (exact) mass is 285 g/mol. The van der Waals surface area contributed by atoms with Gasteiger partial charge in [0.1, 0.15) is 5.60 Å². The molecule has 0 unspecified atom stereocenters. The highest BCUT2D eigenvalue weighted by atomic mass is 16.6. The lowest BCUT2D eigenvalue weighted by Crippen LogP contribution is -2.61. The van der Waals surface area contributed by atoms with Crippen LogP contribution in [0.25, 0.3) is 0 Å². The van der Waals surface area contributed by atoms with Crippen LogP contribution >= 0.6 is 0 Å². The maximum absolute atomic E-state index is 12.0. The lowest BCUT2D eigenvalue weighted by Gasteiger charge is -2.36. The van der Waals surface area contributed by atoms with Crippen molar-refractivity contribution in [1.29, 1.82) is 0 Å². The molecule has 1 atom stereocenters. The zero-order valence-electron chi connectivity index (χ0n) is 13.4. The molecule has 6 nitrogen and oxygen atoms in total. The average molecular weight is 285 g/mol. The van der Waals surface area contributed by atoms with Crippen molar-refractivity contribution in [3.05, 3.63) is 0 Å². The molecule has 1 saturated heterocycles. The molecule has 2 amide bonds. The fourth-order valence-electron chi connectivity index (χ4n) is 1.71. The third-order valence-electron chi connectivity index (χ3n) is 2.81. The van der Waals surface area contributed by atoms with Gasteiger partial charge in [0.05, 0.1) is 12.7 Å². The first-order valence-electron chi connectivity index (χ1n) is 7.01. The van der Waals surface area contributed by atoms with E-state index in [1.807, 2.05) is 41.5 Å². The van der Waals surface area contributed by atoms with Crippen LogP contribution in [0.3, 0.4) is 0 Å². The minimum absolute atomic E-state index is 0.0407. The summed E-state index contributed by atoms with van der Waals surface area (Å²) >= 11 is 0. The van der Waals surface area contributed by atoms with Gasteiger partial charge in [0.2, 0.25) is 5.91 Å². The standard InChI is InChI=1S/C14H27N3O3/c1-13(2,3)11(18)16-10-9-17(8-7-15-10)12(19)20-14(4,5)6/h10,15H,7-9H2,1-6H3,(H,16,18)/t10-/m0/s1. The Kier molecular flexibility index (Phi) is 5.02. The third kappa shape index (κ3) is 5.36. The molecule has 0 aromatic heterocycles. The summed E-state index contributed by atoms with van der Waals surface area (Å²) in [5.74, 6) is -0.0407. The molecule has 0 spiro atoms. The van der Waals surface area contributed by atoms with Gasteiger partial charge in [-0.3, -0.25) is 10.1 Å². The third-order valence-corrected chi connectivity index (χ3v) is 2.81. The van der Waals surface area contributed by atoms with Crippen molar-refractivity contribution in [2.24, 2.45) is 5.41 Å². The minimum atomic E-state index is -0.508. The van der Waals surface area contributed by atoms with Gasteiger partial charge in [-0.25, -0.2) is 4.79 Å². The van der Waals surface area contributed by atoms with Crippen molar-refractivity contribution in [2.75, 3.05) is 19.6 Å². The van der Waals surface area contributed by atoms with Gasteiger partial charge >= 0.3 is 6.09 Å². The molecule has 2 N–H and O–H groups in total. The molecule has 1 fully saturated rings. The number of amides is 2. The van der Waals surface area contributed by atoms with Crippen LogP contribution in [0, 0.1) is 5.41 Å². The first kappa shape index (κ1) is 16.8. The molecule has 6 heteroatoms. The van der Waals surface area contributed by atoms with Crippen molar-refractivity contribution in [1.82, 2.24) is 15.5 Å². The maximum Gasteiger partial charge on any atom is 0.410 e. The van der Waals surface area contributed by atoms with E-state index in [0.717, 1.165) is 0 Å². The molecule has 0 aromatic carbocycles. The van der Waals surface area contributed by atoms with Gasteiger partial charge in [-0.15, -0.1) is 0 Å². The molecule has 1 heterocycles. The lowest BCUT2D eigenvalue weighted by atomic mass is 9.95. The number of carbonyl (C=O) groups excluding carboxylic acids is 2. The molecule has 1 aliphatic rings. The van der Waals surface area contributed by atoms with Crippen LogP contribution in [0.2, 0.25) is 0 Å². The lowest BCUT2D eigenvalue weighted by molar-refractivity contribution is -0.129. The van der Waals surface area contributed by atoms with Gasteiger partial charge in [0, 0.05) is 18.5 Å². The highest BCUT2D eigenvalue weighted by molar-refractivity contribution is 5.81. The summed E-state index contributed by atoms with van der Waals surface area (Å²) in [6, 6.07) is 0. The van der Waals surface area contributed by atoms with E-state index in [0.29, 0.717) is 19.6 Å². The van der Waals surface area contributed by atoms with Gasteiger partial charge in [-0.2, -0.15) is 0 Å². The predicted molar refractivity (Wildman–Crippen MR) is 77.2 cm³/mol. The Hall–Kier alpha value is -1.30. The molecule has 0 saturated carbocycles. The highest BCUT2D eigenvalue weighted by Crippen LogP contribution is 2.14. The number of hydrogen-bond acceptors (Lipinski definition) is 4. The summed E-state index contributed by atoms with van der Waals surface area (Å²) in [5.41, 5.74) is -0.956. The van der Waals surface area contributed by atoms with Crippen molar-refractivity contribution < 1.29 is 14.3 Å². The normalized spacial score (nSPS) is 20.5. The topological polar surface area (TPSA) is 70.7 Å². The number of rotatable bonds is 1. The fourth-order valence-corrected chi connectivity index (χ4v) is 1.71. The molecule has 116 valence electrons. The Balaban J connectivity index is 2.55. The van der Waals surface area contributed by atoms with E-state index in [1.165, 1.54) is 0 Å². The van der Waals surface area contributed by atoms with Gasteiger partial charge in [0.15, 0.2) is 0 Å². The molecule has 0 aromatic rings. The smallest absolute Gasteiger partial charge is 0.410 e. The molecular formula is C14H27N3O3. The van der Waals surface area contributed by atoms with E-state index in [9.17, 15) is 9.59 Å². The highest BCUT2D eigenvalue weighted by Gasteiger charge is 2.30. The Labute approximate surface area is 121 Å². The average Bonchev–Trinajstić information content (AvgIpc) is 2.25. The molecule has 1 aliphatic heterocycles. The second-order valence-corrected chi connectivity index (χ2v) is 7.16. The quantitative estimate of drug-likeness (QED) is 0.762. The van der Waals surface area contributed by atoms with Gasteiger partial charge in [-0.05, 0) is 20.8 Å². The van der Waals surface area contributed by atoms with E-state index in [1.54, 1.807) is 4.90 Å². The largest absolute Gasteiger partial charge is 0.444 e. The van der Waals surface area contributed by atoms with Crippen LogP contribution in [0.1, 0.15) is 41.5 Å². The summed E-state index contributed by atoms with van der Waals surface area (Å²) < 4.78 is 5.34. The van der Waals surface area contributed by atoms with Crippen molar-refractivity contribution in [3.8, 4) is 0 Å². The van der Waals surface area contributed by atoms with Crippen LogP contribution in [-0.2, 0) is 9.53 Å². The molecule has 0 aliphatic carbocycles. The molecule has 20 heavy (non-hydrogen) atoms. The molecule has 0 bridgehead atoms. The van der Waals surface area contributed by atoms with Gasteiger partial charge in [-0.1, -0.05) is 20.8 Å². The number of hydrogen-bond donors (Lipinski definition) is 2. The van der Waals surface area contributed by atoms with Crippen LogP contribution in [0.4, 0.5) is 4.79 Å². The minimum Gasteiger partial charge on any atom is -0.444 e. The molecular weight excluding hydrogens is 258 g/mol. The number of nitrogens with zero attached hydrogens (tertiary/aromatic N) is 1. The molecule has 1 rings (SSSR count). The predicted octanol–water partition coefficient (Wildman–Crippen LogP) is 1.32. The van der Waals surface area contributed by atoms with Crippen molar-refractivity contribution in [2.45, 2.75) is 53.3 Å². The van der Waals surface area contributed by atoms with Crippen molar-refractivity contribution >= 4 is 12.0 Å². The summed E-state index contributed by atoms with van der Waals surface area (Å²) in [5, 5.41) is 6.10. The summed E-state index contributed by atoms with van der Waals surface area (Å²) in [6.07, 6.45) is -0.572. The molecule has 0 radical (unpaired) electrons. The van der Waals surface area contributed by atoms with Crippen LogP contribution in [0.5, 0.6) is 0 Å². The Morgan fingerprint density at radius 1 is 1.20 bits per heavy atom. The SMILES string of the molecule is CC(C)(C)OC(=O)N1CCN[C@@H](NC(=O)C(C)(C)C)C1. The van der Waals surface area contributed by atoms with E-state index in [-0.39, 0.29) is 18.2 Å². The van der Waals surface area contributed by atoms with E-state index >= 15 is 0 Å². The van der Waals surface area contributed by atoms with Crippen molar-refractivity contribution in [3.63, 3.8) is 0 Å². The zero-order chi connectivity index (χ0) is 15.6. The van der Waals surface area contributed by atoms with Crippen LogP contribution in [0.15, 0.2) is 0 Å². The Morgan fingerprint density at radius 3 is 2.30 bits per heavy atom. The number of nitrogens with one attached hydrogen (secondary N) is 2. The van der Waals surface area contributed by atoms with E-state index < -0.39 is 11.0 Å².